The normalized spacial score (nSPS) is 11.5. The zero-order valence-corrected chi connectivity index (χ0v) is 18.1. The molecule has 0 aliphatic rings. The highest BCUT2D eigenvalue weighted by molar-refractivity contribution is 5.88. The molecule has 0 saturated heterocycles. The molecule has 160 valence electrons. The van der Waals surface area contributed by atoms with Crippen LogP contribution >= 0.6 is 0 Å². The fraction of sp³-hybridized carbons (Fsp3) is 0.360. The van der Waals surface area contributed by atoms with Crippen LogP contribution in [0.15, 0.2) is 67.0 Å². The molecule has 30 heavy (non-hydrogen) atoms. The van der Waals surface area contributed by atoms with Gasteiger partial charge < -0.3 is 15.4 Å². The van der Waals surface area contributed by atoms with Gasteiger partial charge in [-0.15, -0.1) is 0 Å². The number of ether oxygens (including phenoxy) is 1. The number of unbranched alkanes of at least 4 members (excludes halogenated alkanes) is 2. The minimum Gasteiger partial charge on any atom is -0.497 e. The van der Waals surface area contributed by atoms with E-state index in [2.05, 4.69) is 34.7 Å². The molecule has 1 aromatic heterocycles. The van der Waals surface area contributed by atoms with Crippen molar-refractivity contribution in [3.63, 3.8) is 0 Å². The molecule has 1 aromatic carbocycles. The summed E-state index contributed by atoms with van der Waals surface area (Å²) in [5, 5.41) is 6.20. The zero-order chi connectivity index (χ0) is 21.4. The van der Waals surface area contributed by atoms with Gasteiger partial charge >= 0.3 is 0 Å². The first-order chi connectivity index (χ1) is 14.7. The molecule has 5 heteroatoms. The van der Waals surface area contributed by atoms with E-state index in [1.165, 1.54) is 24.0 Å². The van der Waals surface area contributed by atoms with E-state index >= 15 is 0 Å². The molecule has 0 aliphatic heterocycles. The first-order valence-electron chi connectivity index (χ1n) is 10.7. The van der Waals surface area contributed by atoms with Crippen LogP contribution < -0.4 is 15.4 Å². The van der Waals surface area contributed by atoms with Crippen molar-refractivity contribution in [2.45, 2.75) is 39.0 Å². The van der Waals surface area contributed by atoms with Crippen LogP contribution in [0, 0.1) is 0 Å². The van der Waals surface area contributed by atoms with Gasteiger partial charge in [0.15, 0.2) is 0 Å². The van der Waals surface area contributed by atoms with E-state index in [0.29, 0.717) is 6.54 Å². The smallest absolute Gasteiger partial charge is 0.243 e. The molecule has 0 unspecified atom stereocenters. The van der Waals surface area contributed by atoms with Crippen molar-refractivity contribution in [2.24, 2.45) is 0 Å². The van der Waals surface area contributed by atoms with Gasteiger partial charge in [-0.2, -0.15) is 0 Å². The Hall–Kier alpha value is -3.08. The molecule has 0 spiro atoms. The Morgan fingerprint density at radius 2 is 1.93 bits per heavy atom. The van der Waals surface area contributed by atoms with E-state index in [0.717, 1.165) is 37.2 Å². The fourth-order valence-corrected chi connectivity index (χ4v) is 3.01. The highest BCUT2D eigenvalue weighted by atomic mass is 16.5. The lowest BCUT2D eigenvalue weighted by Gasteiger charge is -2.08. The Bertz CT molecular complexity index is 799. The molecule has 5 nitrogen and oxygen atoms in total. The predicted octanol–water partition coefficient (Wildman–Crippen LogP) is 5.23. The SMILES string of the molecule is CCCCCC(=CC=CC(=O)NCCCNc1cccnc1)c1ccc(OC)cc1. The number of methoxy groups -OCH3 is 1. The van der Waals surface area contributed by atoms with Crippen molar-refractivity contribution in [3.05, 3.63) is 72.6 Å². The summed E-state index contributed by atoms with van der Waals surface area (Å²) >= 11 is 0. The summed E-state index contributed by atoms with van der Waals surface area (Å²) in [4.78, 5) is 16.1. The molecule has 2 rings (SSSR count). The van der Waals surface area contributed by atoms with Gasteiger partial charge in [-0.25, -0.2) is 0 Å². The van der Waals surface area contributed by atoms with Crippen molar-refractivity contribution < 1.29 is 9.53 Å². The minimum absolute atomic E-state index is 0.0738. The lowest BCUT2D eigenvalue weighted by atomic mass is 9.99. The number of carbonyl (C=O) groups is 1. The van der Waals surface area contributed by atoms with Gasteiger partial charge in [0.1, 0.15) is 5.75 Å². The number of nitrogens with one attached hydrogen (secondary N) is 2. The van der Waals surface area contributed by atoms with Crippen LogP contribution in [-0.2, 0) is 4.79 Å². The largest absolute Gasteiger partial charge is 0.497 e. The Kier molecular flexibility index (Phi) is 10.8. The van der Waals surface area contributed by atoms with Crippen molar-refractivity contribution >= 4 is 17.2 Å². The molecule has 1 amide bonds. The lowest BCUT2D eigenvalue weighted by molar-refractivity contribution is -0.116. The summed E-state index contributed by atoms with van der Waals surface area (Å²) in [5.41, 5.74) is 3.39. The number of benzene rings is 1. The topological polar surface area (TPSA) is 63.2 Å². The molecule has 0 aliphatic carbocycles. The Morgan fingerprint density at radius 1 is 1.10 bits per heavy atom. The number of amides is 1. The van der Waals surface area contributed by atoms with Gasteiger partial charge in [-0.05, 0) is 54.7 Å². The van der Waals surface area contributed by atoms with Crippen LogP contribution in [0.2, 0.25) is 0 Å². The second kappa shape index (κ2) is 14.0. The average Bonchev–Trinajstić information content (AvgIpc) is 2.79. The first kappa shape index (κ1) is 23.2. The maximum atomic E-state index is 12.1. The maximum absolute atomic E-state index is 12.1. The highest BCUT2D eigenvalue weighted by Gasteiger charge is 2.02. The number of aromatic nitrogens is 1. The van der Waals surface area contributed by atoms with E-state index in [1.807, 2.05) is 36.4 Å². The molecular weight excluding hydrogens is 374 g/mol. The van der Waals surface area contributed by atoms with Crippen LogP contribution in [0.4, 0.5) is 5.69 Å². The van der Waals surface area contributed by atoms with Crippen molar-refractivity contribution in [2.75, 3.05) is 25.5 Å². The fourth-order valence-electron chi connectivity index (χ4n) is 3.01. The Morgan fingerprint density at radius 3 is 2.63 bits per heavy atom. The lowest BCUT2D eigenvalue weighted by Crippen LogP contribution is -2.23. The predicted molar refractivity (Wildman–Crippen MR) is 125 cm³/mol. The van der Waals surface area contributed by atoms with Gasteiger partial charge in [0.25, 0.3) is 0 Å². The summed E-state index contributed by atoms with van der Waals surface area (Å²) in [6.45, 7) is 3.61. The van der Waals surface area contributed by atoms with E-state index < -0.39 is 0 Å². The number of anilines is 1. The van der Waals surface area contributed by atoms with Gasteiger partial charge in [0, 0.05) is 31.6 Å². The molecule has 0 saturated carbocycles. The van der Waals surface area contributed by atoms with Crippen molar-refractivity contribution in [1.29, 1.82) is 0 Å². The van der Waals surface area contributed by atoms with Crippen LogP contribution in [0.3, 0.4) is 0 Å². The average molecular weight is 408 g/mol. The van der Waals surface area contributed by atoms with Crippen LogP contribution in [0.5, 0.6) is 5.75 Å². The third-order valence-electron chi connectivity index (χ3n) is 4.70. The van der Waals surface area contributed by atoms with Crippen LogP contribution in [0.1, 0.15) is 44.6 Å². The number of pyridine rings is 1. The molecule has 0 atom stereocenters. The number of allylic oxidation sites excluding steroid dienone is 3. The molecule has 0 bridgehead atoms. The Balaban J connectivity index is 1.80. The highest BCUT2D eigenvalue weighted by Crippen LogP contribution is 2.23. The summed E-state index contributed by atoms with van der Waals surface area (Å²) in [6.07, 6.45) is 14.4. The number of rotatable bonds is 13. The molecular formula is C25H33N3O2. The standard InChI is InChI=1S/C25H33N3O2/c1-3-4-5-9-21(22-13-15-24(30-2)16-14-22)10-6-12-25(29)28-19-8-18-27-23-11-7-17-26-20-23/h6-7,10-17,20,27H,3-5,8-9,18-19H2,1-2H3,(H,28,29). The monoisotopic (exact) mass is 407 g/mol. The summed E-state index contributed by atoms with van der Waals surface area (Å²) in [6, 6.07) is 11.9. The number of hydrogen-bond acceptors (Lipinski definition) is 4. The van der Waals surface area contributed by atoms with Gasteiger partial charge in [-0.1, -0.05) is 44.1 Å². The zero-order valence-electron chi connectivity index (χ0n) is 18.1. The maximum Gasteiger partial charge on any atom is 0.243 e. The minimum atomic E-state index is -0.0738. The third kappa shape index (κ3) is 8.95. The molecule has 0 radical (unpaired) electrons. The first-order valence-corrected chi connectivity index (χ1v) is 10.7. The van der Waals surface area contributed by atoms with E-state index in [4.69, 9.17) is 4.74 Å². The number of hydrogen-bond donors (Lipinski definition) is 2. The van der Waals surface area contributed by atoms with E-state index in [1.54, 1.807) is 25.6 Å². The molecule has 2 N–H and O–H groups in total. The summed E-state index contributed by atoms with van der Waals surface area (Å²) in [7, 11) is 1.67. The molecule has 1 heterocycles. The second-order valence-electron chi connectivity index (χ2n) is 7.05. The summed E-state index contributed by atoms with van der Waals surface area (Å²) < 4.78 is 5.25. The van der Waals surface area contributed by atoms with E-state index in [9.17, 15) is 4.79 Å². The van der Waals surface area contributed by atoms with E-state index in [-0.39, 0.29) is 5.91 Å². The van der Waals surface area contributed by atoms with Crippen molar-refractivity contribution in [1.82, 2.24) is 10.3 Å². The summed E-state index contributed by atoms with van der Waals surface area (Å²) in [5.74, 6) is 0.773. The quantitative estimate of drug-likeness (QED) is 0.271. The second-order valence-corrected chi connectivity index (χ2v) is 7.05. The van der Waals surface area contributed by atoms with Crippen LogP contribution in [0.25, 0.3) is 5.57 Å². The van der Waals surface area contributed by atoms with Gasteiger partial charge in [0.2, 0.25) is 5.91 Å². The molecule has 0 fully saturated rings. The molecule has 2 aromatic rings. The Labute approximate surface area is 180 Å². The van der Waals surface area contributed by atoms with Gasteiger partial charge in [0.05, 0.1) is 12.8 Å². The van der Waals surface area contributed by atoms with Crippen molar-refractivity contribution in [3.8, 4) is 5.75 Å². The number of nitrogens with zero attached hydrogens (tertiary/aromatic N) is 1. The number of carbonyl (C=O) groups excluding carboxylic acids is 1. The van der Waals surface area contributed by atoms with Gasteiger partial charge in [-0.3, -0.25) is 9.78 Å². The third-order valence-corrected chi connectivity index (χ3v) is 4.70. The van der Waals surface area contributed by atoms with Crippen LogP contribution in [-0.4, -0.2) is 31.1 Å².